The van der Waals surface area contributed by atoms with Crippen LogP contribution >= 0.6 is 0 Å². The number of aromatic nitrogens is 3. The number of amides is 1. The predicted octanol–water partition coefficient (Wildman–Crippen LogP) is 4.85. The highest BCUT2D eigenvalue weighted by molar-refractivity contribution is 5.97. The highest BCUT2D eigenvalue weighted by atomic mass is 19.3. The second kappa shape index (κ2) is 9.19. The summed E-state index contributed by atoms with van der Waals surface area (Å²) in [5.41, 5.74) is 2.71. The third-order valence-electron chi connectivity index (χ3n) is 6.79. The van der Waals surface area contributed by atoms with Crippen molar-refractivity contribution in [3.63, 3.8) is 0 Å². The number of benzene rings is 1. The van der Waals surface area contributed by atoms with E-state index in [-0.39, 0.29) is 23.3 Å². The first-order chi connectivity index (χ1) is 16.4. The highest BCUT2D eigenvalue weighted by Crippen LogP contribution is 2.34. The highest BCUT2D eigenvalue weighted by Gasteiger charge is 2.32. The first kappa shape index (κ1) is 22.6. The van der Waals surface area contributed by atoms with Crippen molar-refractivity contribution in [1.82, 2.24) is 19.5 Å². The molecule has 3 aromatic rings. The number of para-hydroxylation sites is 1. The van der Waals surface area contributed by atoms with Crippen molar-refractivity contribution >= 4 is 17.4 Å². The van der Waals surface area contributed by atoms with Crippen molar-refractivity contribution in [2.45, 2.75) is 52.2 Å². The summed E-state index contributed by atoms with van der Waals surface area (Å²) in [6.07, 6.45) is 5.71. The topological polar surface area (TPSA) is 63.0 Å². The molecule has 5 rings (SSSR count). The van der Waals surface area contributed by atoms with E-state index >= 15 is 0 Å². The number of aryl methyl sites for hydroxylation is 1. The molecule has 0 saturated carbocycles. The van der Waals surface area contributed by atoms with E-state index in [4.69, 9.17) is 10.1 Å². The van der Waals surface area contributed by atoms with Crippen LogP contribution in [0.2, 0.25) is 0 Å². The van der Waals surface area contributed by atoms with E-state index in [1.54, 1.807) is 21.5 Å². The molecule has 2 aromatic heterocycles. The Kier molecular flexibility index (Phi) is 6.10. The van der Waals surface area contributed by atoms with E-state index < -0.39 is 6.61 Å². The van der Waals surface area contributed by atoms with Gasteiger partial charge in [-0.1, -0.05) is 19.1 Å². The van der Waals surface area contributed by atoms with Crippen LogP contribution in [0.4, 0.5) is 14.6 Å². The minimum absolute atomic E-state index is 0.108. The van der Waals surface area contributed by atoms with Gasteiger partial charge in [-0.3, -0.25) is 4.79 Å². The number of likely N-dealkylation sites (tertiary alicyclic amines) is 1. The lowest BCUT2D eigenvalue weighted by molar-refractivity contribution is -0.0503. The molecule has 2 saturated heterocycles. The molecule has 2 atom stereocenters. The van der Waals surface area contributed by atoms with Crippen LogP contribution in [0.15, 0.2) is 36.5 Å². The molecule has 0 N–H and O–H groups in total. The number of anilines is 1. The van der Waals surface area contributed by atoms with E-state index in [0.717, 1.165) is 61.5 Å². The van der Waals surface area contributed by atoms with E-state index in [1.807, 2.05) is 19.2 Å². The molecule has 4 heterocycles. The minimum Gasteiger partial charge on any atom is -0.434 e. The minimum atomic E-state index is -2.99. The van der Waals surface area contributed by atoms with Gasteiger partial charge in [0.15, 0.2) is 5.65 Å². The lowest BCUT2D eigenvalue weighted by atomic mass is 9.98. The van der Waals surface area contributed by atoms with Crippen LogP contribution in [0.25, 0.3) is 5.65 Å². The Morgan fingerprint density at radius 1 is 1.18 bits per heavy atom. The first-order valence-corrected chi connectivity index (χ1v) is 11.9. The van der Waals surface area contributed by atoms with E-state index in [9.17, 15) is 13.6 Å². The number of carbonyl (C=O) groups is 1. The molecule has 0 bridgehead atoms. The van der Waals surface area contributed by atoms with Crippen molar-refractivity contribution < 1.29 is 18.3 Å². The zero-order valence-corrected chi connectivity index (χ0v) is 19.5. The maximum absolute atomic E-state index is 13.5. The van der Waals surface area contributed by atoms with Gasteiger partial charge in [-0.25, -0.2) is 9.50 Å². The van der Waals surface area contributed by atoms with Gasteiger partial charge in [-0.05, 0) is 50.7 Å². The van der Waals surface area contributed by atoms with Crippen molar-refractivity contribution in [2.75, 3.05) is 24.5 Å². The molecule has 7 nitrogen and oxygen atoms in total. The van der Waals surface area contributed by atoms with Crippen LogP contribution in [0, 0.1) is 12.8 Å². The summed E-state index contributed by atoms with van der Waals surface area (Å²) in [5.74, 6) is 1.20. The maximum atomic E-state index is 13.5. The Morgan fingerprint density at radius 2 is 2.00 bits per heavy atom. The molecule has 0 radical (unpaired) electrons. The standard InChI is InChI=1S/C25H29F2N5O2/c1-16-10-12-30(14-16)23-17(2)15-32-22(28-23)13-19(29-32)20-8-5-6-11-31(20)24(33)18-7-3-4-9-21(18)34-25(26)27/h3-4,7,9,13,15-16,20,25H,5-6,8,10-12,14H2,1-2H3/t16-,20-/m0/s1. The monoisotopic (exact) mass is 469 g/mol. The predicted molar refractivity (Wildman–Crippen MR) is 124 cm³/mol. The summed E-state index contributed by atoms with van der Waals surface area (Å²) in [6.45, 7) is 3.83. The molecule has 2 aliphatic rings. The van der Waals surface area contributed by atoms with Gasteiger partial charge in [0.25, 0.3) is 5.91 Å². The number of halogens is 2. The first-order valence-electron chi connectivity index (χ1n) is 11.9. The molecular formula is C25H29F2N5O2. The van der Waals surface area contributed by atoms with Crippen LogP contribution in [0.5, 0.6) is 5.75 Å². The van der Waals surface area contributed by atoms with Crippen LogP contribution in [0.1, 0.15) is 60.3 Å². The molecule has 1 aromatic carbocycles. The molecule has 180 valence electrons. The summed E-state index contributed by atoms with van der Waals surface area (Å²) in [7, 11) is 0. The number of fused-ring (bicyclic) bond motifs is 1. The fraction of sp³-hybridized carbons (Fsp3) is 0.480. The van der Waals surface area contributed by atoms with Crippen molar-refractivity contribution in [2.24, 2.45) is 5.92 Å². The van der Waals surface area contributed by atoms with Crippen LogP contribution in [-0.2, 0) is 0 Å². The molecule has 2 fully saturated rings. The number of ether oxygens (including phenoxy) is 1. The Bertz CT molecular complexity index is 1200. The van der Waals surface area contributed by atoms with Gasteiger partial charge in [-0.15, -0.1) is 0 Å². The van der Waals surface area contributed by atoms with Gasteiger partial charge >= 0.3 is 6.61 Å². The molecule has 0 spiro atoms. The Labute approximate surface area is 197 Å². The molecule has 0 unspecified atom stereocenters. The summed E-state index contributed by atoms with van der Waals surface area (Å²) in [4.78, 5) is 22.4. The quantitative estimate of drug-likeness (QED) is 0.535. The lowest BCUT2D eigenvalue weighted by Crippen LogP contribution is -2.39. The SMILES string of the molecule is Cc1cn2nc([C@@H]3CCCCN3C(=O)c3ccccc3OC(F)F)cc2nc1N1CC[C@H](C)C1. The Hall–Kier alpha value is -3.23. The van der Waals surface area contributed by atoms with Gasteiger partial charge in [0.2, 0.25) is 0 Å². The second-order valence-corrected chi connectivity index (χ2v) is 9.34. The zero-order valence-electron chi connectivity index (χ0n) is 19.5. The average Bonchev–Trinajstić information content (AvgIpc) is 3.43. The van der Waals surface area contributed by atoms with Gasteiger partial charge in [0.1, 0.15) is 11.6 Å². The van der Waals surface area contributed by atoms with E-state index in [2.05, 4.69) is 16.6 Å². The number of hydrogen-bond donors (Lipinski definition) is 0. The number of alkyl halides is 2. The van der Waals surface area contributed by atoms with Crippen molar-refractivity contribution in [3.05, 3.63) is 53.3 Å². The van der Waals surface area contributed by atoms with E-state index in [0.29, 0.717) is 12.5 Å². The third-order valence-corrected chi connectivity index (χ3v) is 6.79. The molecule has 1 amide bonds. The molecule has 34 heavy (non-hydrogen) atoms. The fourth-order valence-electron chi connectivity index (χ4n) is 5.11. The summed E-state index contributed by atoms with van der Waals surface area (Å²) >= 11 is 0. The van der Waals surface area contributed by atoms with Gasteiger partial charge in [0, 0.05) is 37.5 Å². The molecule has 2 aliphatic heterocycles. The van der Waals surface area contributed by atoms with Crippen molar-refractivity contribution in [1.29, 1.82) is 0 Å². The Balaban J connectivity index is 1.46. The van der Waals surface area contributed by atoms with Crippen LogP contribution < -0.4 is 9.64 Å². The summed E-state index contributed by atoms with van der Waals surface area (Å²) in [5, 5.41) is 4.77. The van der Waals surface area contributed by atoms with Gasteiger partial charge in [-0.2, -0.15) is 13.9 Å². The number of carbonyl (C=O) groups excluding carboxylic acids is 1. The zero-order chi connectivity index (χ0) is 23.8. The number of hydrogen-bond acceptors (Lipinski definition) is 5. The number of rotatable bonds is 5. The van der Waals surface area contributed by atoms with Crippen LogP contribution in [0.3, 0.4) is 0 Å². The van der Waals surface area contributed by atoms with Gasteiger partial charge < -0.3 is 14.5 Å². The largest absolute Gasteiger partial charge is 0.434 e. The third kappa shape index (κ3) is 4.31. The molecule has 0 aliphatic carbocycles. The Morgan fingerprint density at radius 3 is 2.76 bits per heavy atom. The number of piperidine rings is 1. The summed E-state index contributed by atoms with van der Waals surface area (Å²) in [6, 6.07) is 7.86. The van der Waals surface area contributed by atoms with Gasteiger partial charge in [0.05, 0.1) is 17.3 Å². The second-order valence-electron chi connectivity index (χ2n) is 9.34. The fourth-order valence-corrected chi connectivity index (χ4v) is 5.11. The molecule has 9 heteroatoms. The normalized spacial score (nSPS) is 21.0. The maximum Gasteiger partial charge on any atom is 0.387 e. The molecular weight excluding hydrogens is 440 g/mol. The van der Waals surface area contributed by atoms with E-state index in [1.165, 1.54) is 12.1 Å². The number of nitrogens with zero attached hydrogens (tertiary/aromatic N) is 5. The van der Waals surface area contributed by atoms with Crippen LogP contribution in [-0.4, -0.2) is 51.7 Å². The summed E-state index contributed by atoms with van der Waals surface area (Å²) < 4.78 is 32.2. The average molecular weight is 470 g/mol. The smallest absolute Gasteiger partial charge is 0.387 e. The van der Waals surface area contributed by atoms with Crippen molar-refractivity contribution in [3.8, 4) is 5.75 Å². The lowest BCUT2D eigenvalue weighted by Gasteiger charge is -2.35.